The standard InChI is InChI=1S/C25H25FN2O6S2/c26-19-8-6-17(7-9-19)20-10-11-21(35-20)25(16-22(29)27-32)12-13-28(14-15-36(25,33)34)24(31)23(30)18-4-2-1-3-5-18/h1-11,23,30,32H,12-16H2,(H,27,29)/t23-,25?/m0/s1. The Bertz CT molecular complexity index is 1340. The number of aliphatic hydroxyl groups excluding tert-OH is 1. The quantitative estimate of drug-likeness (QED) is 0.331. The summed E-state index contributed by atoms with van der Waals surface area (Å²) in [5, 5.41) is 19.8. The van der Waals surface area contributed by atoms with Crippen LogP contribution in [0, 0.1) is 5.82 Å². The van der Waals surface area contributed by atoms with Crippen LogP contribution in [0.2, 0.25) is 0 Å². The average molecular weight is 533 g/mol. The van der Waals surface area contributed by atoms with Crippen LogP contribution in [0.25, 0.3) is 10.4 Å². The topological polar surface area (TPSA) is 124 Å². The summed E-state index contributed by atoms with van der Waals surface area (Å²) in [7, 11) is -4.01. The van der Waals surface area contributed by atoms with E-state index in [0.717, 1.165) is 11.3 Å². The Morgan fingerprint density at radius 1 is 1.06 bits per heavy atom. The first-order valence-electron chi connectivity index (χ1n) is 11.2. The number of benzene rings is 2. The third kappa shape index (κ3) is 5.05. The van der Waals surface area contributed by atoms with Gasteiger partial charge in [-0.1, -0.05) is 42.5 Å². The molecule has 3 aromatic rings. The Labute approximate surface area is 211 Å². The van der Waals surface area contributed by atoms with Gasteiger partial charge in [0.25, 0.3) is 5.91 Å². The van der Waals surface area contributed by atoms with Crippen LogP contribution < -0.4 is 5.48 Å². The molecule has 2 atom stereocenters. The van der Waals surface area contributed by atoms with Gasteiger partial charge in [0.1, 0.15) is 10.6 Å². The molecule has 2 amide bonds. The fourth-order valence-electron chi connectivity index (χ4n) is 4.39. The third-order valence-corrected chi connectivity index (χ3v) is 10.4. The number of carbonyl (C=O) groups is 2. The van der Waals surface area contributed by atoms with Crippen LogP contribution in [-0.2, 0) is 24.2 Å². The van der Waals surface area contributed by atoms with Gasteiger partial charge in [-0.15, -0.1) is 11.3 Å². The zero-order valence-corrected chi connectivity index (χ0v) is 20.8. The lowest BCUT2D eigenvalue weighted by Gasteiger charge is -2.30. The van der Waals surface area contributed by atoms with Gasteiger partial charge in [0.2, 0.25) is 5.91 Å². The van der Waals surface area contributed by atoms with Gasteiger partial charge in [0, 0.05) is 22.8 Å². The lowest BCUT2D eigenvalue weighted by Crippen LogP contribution is -2.41. The Kier molecular flexibility index (Phi) is 7.55. The normalized spacial score (nSPS) is 20.4. The zero-order valence-electron chi connectivity index (χ0n) is 19.1. The summed E-state index contributed by atoms with van der Waals surface area (Å²) in [6.07, 6.45) is -2.10. The molecule has 0 radical (unpaired) electrons. The highest BCUT2D eigenvalue weighted by Gasteiger charge is 2.50. The molecule has 2 aromatic carbocycles. The first-order valence-corrected chi connectivity index (χ1v) is 13.7. The molecule has 36 heavy (non-hydrogen) atoms. The van der Waals surface area contributed by atoms with Crippen LogP contribution in [0.15, 0.2) is 66.7 Å². The van der Waals surface area contributed by atoms with Gasteiger partial charge < -0.3 is 10.0 Å². The molecular weight excluding hydrogens is 507 g/mol. The Morgan fingerprint density at radius 2 is 1.75 bits per heavy atom. The smallest absolute Gasteiger partial charge is 0.256 e. The number of nitrogens with one attached hydrogen (secondary N) is 1. The summed E-state index contributed by atoms with van der Waals surface area (Å²) >= 11 is 1.16. The Balaban J connectivity index is 1.69. The van der Waals surface area contributed by atoms with Gasteiger partial charge in [-0.2, -0.15) is 0 Å². The Morgan fingerprint density at radius 3 is 2.42 bits per heavy atom. The molecule has 190 valence electrons. The van der Waals surface area contributed by atoms with Crippen molar-refractivity contribution < 1.29 is 32.7 Å². The second-order valence-corrected chi connectivity index (χ2v) is 12.1. The molecule has 8 nitrogen and oxygen atoms in total. The summed E-state index contributed by atoms with van der Waals surface area (Å²) in [5.41, 5.74) is 2.60. The summed E-state index contributed by atoms with van der Waals surface area (Å²) < 4.78 is 39.0. The molecule has 2 heterocycles. The van der Waals surface area contributed by atoms with Crippen molar-refractivity contribution in [1.29, 1.82) is 0 Å². The lowest BCUT2D eigenvalue weighted by atomic mass is 9.97. The first-order chi connectivity index (χ1) is 17.2. The molecule has 0 bridgehead atoms. The van der Waals surface area contributed by atoms with Crippen molar-refractivity contribution >= 4 is 33.0 Å². The highest BCUT2D eigenvalue weighted by molar-refractivity contribution is 7.92. The molecular formula is C25H25FN2O6S2. The summed E-state index contributed by atoms with van der Waals surface area (Å²) in [5.74, 6) is -2.33. The maximum Gasteiger partial charge on any atom is 0.256 e. The molecule has 4 rings (SSSR count). The van der Waals surface area contributed by atoms with Gasteiger partial charge in [-0.3, -0.25) is 14.8 Å². The number of sulfone groups is 1. The largest absolute Gasteiger partial charge is 0.378 e. The van der Waals surface area contributed by atoms with Gasteiger partial charge in [-0.05, 0) is 41.8 Å². The van der Waals surface area contributed by atoms with Gasteiger partial charge in [0.05, 0.1) is 12.2 Å². The number of carbonyl (C=O) groups excluding carboxylic acids is 2. The van der Waals surface area contributed by atoms with E-state index in [0.29, 0.717) is 20.9 Å². The maximum absolute atomic E-state index is 13.7. The van der Waals surface area contributed by atoms with E-state index < -0.39 is 50.5 Å². The summed E-state index contributed by atoms with van der Waals surface area (Å²) in [4.78, 5) is 27.7. The van der Waals surface area contributed by atoms with Crippen molar-refractivity contribution in [3.05, 3.63) is 83.0 Å². The highest BCUT2D eigenvalue weighted by Crippen LogP contribution is 2.45. The summed E-state index contributed by atoms with van der Waals surface area (Å²) in [6, 6.07) is 17.4. The third-order valence-electron chi connectivity index (χ3n) is 6.43. The number of amides is 2. The molecule has 0 aliphatic carbocycles. The minimum Gasteiger partial charge on any atom is -0.378 e. The van der Waals surface area contributed by atoms with Crippen molar-refractivity contribution in [2.75, 3.05) is 18.8 Å². The van der Waals surface area contributed by atoms with E-state index in [1.54, 1.807) is 54.6 Å². The predicted octanol–water partition coefficient (Wildman–Crippen LogP) is 3.03. The fourth-order valence-corrected chi connectivity index (χ4v) is 8.00. The number of hydroxylamine groups is 1. The minimum atomic E-state index is -4.01. The number of hydrogen-bond donors (Lipinski definition) is 3. The van der Waals surface area contributed by atoms with Gasteiger partial charge in [-0.25, -0.2) is 18.3 Å². The molecule has 1 unspecified atom stereocenters. The first kappa shape index (κ1) is 26.0. The predicted molar refractivity (Wildman–Crippen MR) is 132 cm³/mol. The van der Waals surface area contributed by atoms with Crippen molar-refractivity contribution in [2.45, 2.75) is 23.7 Å². The summed E-state index contributed by atoms with van der Waals surface area (Å²) in [6.45, 7) is -0.172. The van der Waals surface area contributed by atoms with E-state index in [-0.39, 0.29) is 19.5 Å². The number of rotatable bonds is 6. The van der Waals surface area contributed by atoms with E-state index in [1.165, 1.54) is 22.5 Å². The van der Waals surface area contributed by atoms with Crippen LogP contribution in [0.5, 0.6) is 0 Å². The molecule has 1 aromatic heterocycles. The fraction of sp³-hybridized carbons (Fsp3) is 0.280. The molecule has 1 aliphatic heterocycles. The Hall–Kier alpha value is -3.12. The van der Waals surface area contributed by atoms with Crippen molar-refractivity contribution in [3.63, 3.8) is 0 Å². The van der Waals surface area contributed by atoms with Crippen molar-refractivity contribution in [1.82, 2.24) is 10.4 Å². The van der Waals surface area contributed by atoms with E-state index in [9.17, 15) is 32.7 Å². The molecule has 1 fully saturated rings. The van der Waals surface area contributed by atoms with E-state index >= 15 is 0 Å². The van der Waals surface area contributed by atoms with Crippen LogP contribution >= 0.6 is 11.3 Å². The molecule has 0 saturated carbocycles. The molecule has 1 saturated heterocycles. The number of thiophene rings is 1. The SMILES string of the molecule is O=C(CC1(c2ccc(-c3ccc(F)cc3)s2)CCN(C(=O)[C@@H](O)c2ccccc2)CCS1(=O)=O)NO. The van der Waals surface area contributed by atoms with Crippen LogP contribution in [0.4, 0.5) is 4.39 Å². The van der Waals surface area contributed by atoms with E-state index in [1.807, 2.05) is 0 Å². The molecule has 11 heteroatoms. The second-order valence-electron chi connectivity index (χ2n) is 8.58. The van der Waals surface area contributed by atoms with Crippen molar-refractivity contribution in [2.24, 2.45) is 0 Å². The second kappa shape index (κ2) is 10.5. The van der Waals surface area contributed by atoms with E-state index in [4.69, 9.17) is 0 Å². The number of aliphatic hydroxyl groups is 1. The molecule has 0 spiro atoms. The van der Waals surface area contributed by atoms with E-state index in [2.05, 4.69) is 0 Å². The number of nitrogens with zero attached hydrogens (tertiary/aromatic N) is 1. The number of halogens is 1. The van der Waals surface area contributed by atoms with Crippen LogP contribution in [0.1, 0.15) is 29.4 Å². The minimum absolute atomic E-state index is 0.0234. The molecule has 3 N–H and O–H groups in total. The monoisotopic (exact) mass is 532 g/mol. The maximum atomic E-state index is 13.7. The van der Waals surface area contributed by atoms with Gasteiger partial charge in [0.15, 0.2) is 15.9 Å². The zero-order chi connectivity index (χ0) is 25.9. The van der Waals surface area contributed by atoms with Crippen LogP contribution in [0.3, 0.4) is 0 Å². The number of hydrogen-bond acceptors (Lipinski definition) is 7. The van der Waals surface area contributed by atoms with Crippen LogP contribution in [-0.4, -0.2) is 54.3 Å². The molecule has 1 aliphatic rings. The van der Waals surface area contributed by atoms with Crippen molar-refractivity contribution in [3.8, 4) is 10.4 Å². The lowest BCUT2D eigenvalue weighted by molar-refractivity contribution is -0.140. The van der Waals surface area contributed by atoms with Gasteiger partial charge >= 0.3 is 0 Å². The average Bonchev–Trinajstić information content (AvgIpc) is 3.33. The highest BCUT2D eigenvalue weighted by atomic mass is 32.2.